The number of rotatable bonds is 13. The van der Waals surface area contributed by atoms with E-state index in [4.69, 9.17) is 23.5 Å². The number of benzene rings is 1. The molecule has 0 atom stereocenters. The van der Waals surface area contributed by atoms with Gasteiger partial charge in [0.25, 0.3) is 10.0 Å². The Kier molecular flexibility index (Phi) is 9.94. The number of methoxy groups -OCH3 is 2. The molecule has 0 saturated carbocycles. The molecule has 1 aromatic carbocycles. The summed E-state index contributed by atoms with van der Waals surface area (Å²) < 4.78 is 56.4. The number of hydrogen-bond acceptors (Lipinski definition) is 10. The van der Waals surface area contributed by atoms with Crippen LogP contribution in [0.4, 0.5) is 5.82 Å². The quantitative estimate of drug-likeness (QED) is 0.161. The zero-order chi connectivity index (χ0) is 28.0. The molecule has 38 heavy (non-hydrogen) atoms. The normalized spacial score (nSPS) is 11.7. The van der Waals surface area contributed by atoms with Crippen molar-refractivity contribution in [1.82, 2.24) is 5.16 Å². The van der Waals surface area contributed by atoms with E-state index < -0.39 is 16.0 Å². The first-order chi connectivity index (χ1) is 18.0. The van der Waals surface area contributed by atoms with Crippen LogP contribution in [-0.4, -0.2) is 60.3 Å². The minimum atomic E-state index is -4.17. The van der Waals surface area contributed by atoms with Crippen molar-refractivity contribution in [2.24, 2.45) is 5.92 Å². The van der Waals surface area contributed by atoms with Crippen molar-refractivity contribution in [2.75, 3.05) is 45.1 Å². The molecule has 0 aliphatic heterocycles. The van der Waals surface area contributed by atoms with Crippen LogP contribution in [-0.2, 0) is 24.2 Å². The van der Waals surface area contributed by atoms with E-state index in [-0.39, 0.29) is 29.3 Å². The Labute approximate surface area is 227 Å². The number of aromatic nitrogens is 1. The van der Waals surface area contributed by atoms with Gasteiger partial charge >= 0.3 is 5.97 Å². The van der Waals surface area contributed by atoms with Crippen LogP contribution in [0.3, 0.4) is 0 Å². The molecule has 0 spiro atoms. The van der Waals surface area contributed by atoms with Gasteiger partial charge in [0.2, 0.25) is 0 Å². The molecule has 2 aromatic heterocycles. The predicted molar refractivity (Wildman–Crippen MR) is 145 cm³/mol. The second-order valence-corrected chi connectivity index (χ2v) is 12.4. The van der Waals surface area contributed by atoms with Crippen molar-refractivity contribution < 1.29 is 36.7 Å². The summed E-state index contributed by atoms with van der Waals surface area (Å²) in [6.45, 7) is 9.86. The summed E-state index contributed by atoms with van der Waals surface area (Å²) in [7, 11) is -1.34. The average Bonchev–Trinajstić information content (AvgIpc) is 3.44. The number of ether oxygens (including phenoxy) is 4. The molecule has 0 bridgehead atoms. The van der Waals surface area contributed by atoms with Crippen LogP contribution < -0.4 is 9.04 Å². The molecule has 2 heterocycles. The summed E-state index contributed by atoms with van der Waals surface area (Å²) in [5, 5.41) is 4.01. The van der Waals surface area contributed by atoms with E-state index in [0.29, 0.717) is 47.0 Å². The third-order valence-corrected chi connectivity index (χ3v) is 8.89. The van der Waals surface area contributed by atoms with Crippen LogP contribution in [0.25, 0.3) is 11.1 Å². The number of carbonyl (C=O) groups excluding carboxylic acids is 1. The molecule has 0 amide bonds. The highest BCUT2D eigenvalue weighted by molar-refractivity contribution is 7.95. The lowest BCUT2D eigenvalue weighted by molar-refractivity contribution is 0.0600. The smallest absolute Gasteiger partial charge is 0.337 e. The monoisotopic (exact) mass is 566 g/mol. The van der Waals surface area contributed by atoms with Gasteiger partial charge in [-0.2, -0.15) is 0 Å². The summed E-state index contributed by atoms with van der Waals surface area (Å²) in [5.41, 5.74) is 1.87. The molecule has 10 nitrogen and oxygen atoms in total. The fraction of sp³-hybridized carbons (Fsp3) is 0.462. The van der Waals surface area contributed by atoms with Gasteiger partial charge in [0, 0.05) is 28.7 Å². The molecule has 3 aromatic rings. The zero-order valence-corrected chi connectivity index (χ0v) is 24.3. The maximum atomic E-state index is 14.2. The van der Waals surface area contributed by atoms with Crippen LogP contribution in [0.2, 0.25) is 0 Å². The number of anilines is 1. The minimum Gasteiger partial charge on any atom is -0.493 e. The van der Waals surface area contributed by atoms with E-state index in [1.54, 1.807) is 38.1 Å². The lowest BCUT2D eigenvalue weighted by Crippen LogP contribution is -2.34. The van der Waals surface area contributed by atoms with Crippen molar-refractivity contribution in [3.8, 4) is 16.9 Å². The Morgan fingerprint density at radius 3 is 2.45 bits per heavy atom. The maximum Gasteiger partial charge on any atom is 0.337 e. The maximum absolute atomic E-state index is 14.2. The fourth-order valence-electron chi connectivity index (χ4n) is 3.51. The van der Waals surface area contributed by atoms with Crippen LogP contribution in [0.1, 0.15) is 40.4 Å². The molecule has 0 N–H and O–H groups in total. The van der Waals surface area contributed by atoms with E-state index in [1.807, 2.05) is 20.8 Å². The third kappa shape index (κ3) is 6.55. The predicted octanol–water partition coefficient (Wildman–Crippen LogP) is 4.97. The molecular formula is C26H34N2O8S2. The molecular weight excluding hydrogens is 532 g/mol. The topological polar surface area (TPSA) is 117 Å². The minimum absolute atomic E-state index is 0.0885. The third-order valence-electron chi connectivity index (χ3n) is 5.62. The van der Waals surface area contributed by atoms with Crippen molar-refractivity contribution in [1.29, 1.82) is 0 Å². The van der Waals surface area contributed by atoms with Crippen LogP contribution in [0.5, 0.6) is 5.75 Å². The highest BCUT2D eigenvalue weighted by Gasteiger charge is 2.34. The van der Waals surface area contributed by atoms with Gasteiger partial charge in [0.1, 0.15) is 22.4 Å². The Hall–Kier alpha value is -2.93. The summed E-state index contributed by atoms with van der Waals surface area (Å²) in [6.07, 6.45) is 0. The molecule has 208 valence electrons. The lowest BCUT2D eigenvalue weighted by Gasteiger charge is -2.23. The Morgan fingerprint density at radius 1 is 1.11 bits per heavy atom. The first-order valence-electron chi connectivity index (χ1n) is 12.0. The number of esters is 1. The molecule has 0 saturated heterocycles. The van der Waals surface area contributed by atoms with E-state index in [9.17, 15) is 13.2 Å². The van der Waals surface area contributed by atoms with E-state index in [1.165, 1.54) is 14.2 Å². The van der Waals surface area contributed by atoms with E-state index >= 15 is 0 Å². The molecule has 0 aliphatic rings. The number of sulfonamides is 1. The van der Waals surface area contributed by atoms with Gasteiger partial charge in [-0.3, -0.25) is 0 Å². The van der Waals surface area contributed by atoms with Gasteiger partial charge in [-0.15, -0.1) is 11.3 Å². The largest absolute Gasteiger partial charge is 0.493 e. The Bertz CT molecular complexity index is 1360. The van der Waals surface area contributed by atoms with Crippen molar-refractivity contribution >= 4 is 33.1 Å². The van der Waals surface area contributed by atoms with E-state index in [0.717, 1.165) is 20.5 Å². The SMILES string of the molecule is COCCOCN(c1noc(C)c1C)S(=O)(=O)c1sc(C)cc1-c1ccc(C(=O)OC)cc1OCC(C)C. The molecule has 0 radical (unpaired) electrons. The second kappa shape index (κ2) is 12.7. The van der Waals surface area contributed by atoms with Gasteiger partial charge < -0.3 is 23.5 Å². The van der Waals surface area contributed by atoms with Gasteiger partial charge in [0.15, 0.2) is 5.82 Å². The summed E-state index contributed by atoms with van der Waals surface area (Å²) >= 11 is 1.13. The van der Waals surface area contributed by atoms with Crippen molar-refractivity contribution in [2.45, 2.75) is 38.8 Å². The zero-order valence-electron chi connectivity index (χ0n) is 22.7. The number of carbonyl (C=O) groups is 1. The summed E-state index contributed by atoms with van der Waals surface area (Å²) in [4.78, 5) is 13.0. The van der Waals surface area contributed by atoms with Gasteiger partial charge in [-0.05, 0) is 51.0 Å². The molecule has 3 rings (SSSR count). The van der Waals surface area contributed by atoms with Crippen LogP contribution in [0.15, 0.2) is 33.0 Å². The highest BCUT2D eigenvalue weighted by Crippen LogP contribution is 2.42. The average molecular weight is 567 g/mol. The second-order valence-electron chi connectivity index (χ2n) is 9.04. The summed E-state index contributed by atoms with van der Waals surface area (Å²) in [6, 6.07) is 6.62. The van der Waals surface area contributed by atoms with E-state index in [2.05, 4.69) is 5.16 Å². The first-order valence-corrected chi connectivity index (χ1v) is 14.2. The number of nitrogens with zero attached hydrogens (tertiary/aromatic N) is 2. The molecule has 0 fully saturated rings. The number of hydrogen-bond donors (Lipinski definition) is 0. The van der Waals surface area contributed by atoms with Gasteiger partial charge in [-0.25, -0.2) is 17.5 Å². The standard InChI is InChI=1S/C26H34N2O8S2/c1-16(2)14-35-23-13-20(25(29)33-7)8-9-21(23)22-12-17(3)37-26(22)38(30,31)28(15-34-11-10-32-6)24-18(4)19(5)36-27-24/h8-9,12-13,16H,10-11,14-15H2,1-7H3. The first kappa shape index (κ1) is 29.6. The number of aryl methyl sites for hydroxylation is 2. The van der Waals surface area contributed by atoms with Crippen LogP contribution in [0, 0.1) is 26.7 Å². The Balaban J connectivity index is 2.15. The number of thiophene rings is 1. The van der Waals surface area contributed by atoms with Gasteiger partial charge in [0.05, 0.1) is 32.5 Å². The van der Waals surface area contributed by atoms with Crippen molar-refractivity contribution in [3.63, 3.8) is 0 Å². The van der Waals surface area contributed by atoms with Crippen LogP contribution >= 0.6 is 11.3 Å². The summed E-state index contributed by atoms with van der Waals surface area (Å²) in [5.74, 6) is 0.718. The molecule has 12 heteroatoms. The Morgan fingerprint density at radius 2 is 1.84 bits per heavy atom. The highest BCUT2D eigenvalue weighted by atomic mass is 32.2. The molecule has 0 unspecified atom stereocenters. The van der Waals surface area contributed by atoms with Crippen molar-refractivity contribution in [3.05, 3.63) is 46.0 Å². The fourth-order valence-corrected chi connectivity index (χ4v) is 6.60. The lowest BCUT2D eigenvalue weighted by atomic mass is 10.0. The molecule has 0 aliphatic carbocycles. The van der Waals surface area contributed by atoms with Gasteiger partial charge in [-0.1, -0.05) is 19.0 Å².